The summed E-state index contributed by atoms with van der Waals surface area (Å²) in [6, 6.07) is 13.9. The second-order valence-electron chi connectivity index (χ2n) is 4.82. The fourth-order valence-electron chi connectivity index (χ4n) is 1.81. The Bertz CT molecular complexity index is 724. The van der Waals surface area contributed by atoms with Crippen molar-refractivity contribution in [2.45, 2.75) is 6.92 Å². The fourth-order valence-corrected chi connectivity index (χ4v) is 1.81. The highest BCUT2D eigenvalue weighted by Crippen LogP contribution is 2.10. The molecule has 0 unspecified atom stereocenters. The van der Waals surface area contributed by atoms with Crippen molar-refractivity contribution in [2.24, 2.45) is 5.10 Å². The number of hydrazone groups is 1. The minimum atomic E-state index is -1.03. The predicted molar refractivity (Wildman–Crippen MR) is 85.8 cm³/mol. The summed E-state index contributed by atoms with van der Waals surface area (Å²) in [5.41, 5.74) is 4.74. The third-order valence-corrected chi connectivity index (χ3v) is 2.90. The van der Waals surface area contributed by atoms with E-state index >= 15 is 0 Å². The van der Waals surface area contributed by atoms with E-state index in [0.717, 1.165) is 11.1 Å². The first-order chi connectivity index (χ1) is 11.0. The molecule has 0 aliphatic heterocycles. The molecule has 0 aromatic heterocycles. The van der Waals surface area contributed by atoms with Gasteiger partial charge in [0.05, 0.1) is 6.21 Å². The number of hydrogen-bond donors (Lipinski definition) is 2. The van der Waals surface area contributed by atoms with Crippen LogP contribution in [0.1, 0.15) is 21.5 Å². The molecule has 23 heavy (non-hydrogen) atoms. The van der Waals surface area contributed by atoms with Gasteiger partial charge in [-0.15, -0.1) is 0 Å². The van der Waals surface area contributed by atoms with Crippen molar-refractivity contribution in [2.75, 3.05) is 6.61 Å². The minimum absolute atomic E-state index is 0.286. The van der Waals surface area contributed by atoms with Crippen molar-refractivity contribution < 1.29 is 19.4 Å². The summed E-state index contributed by atoms with van der Waals surface area (Å²) < 4.78 is 5.02. The van der Waals surface area contributed by atoms with E-state index in [0.29, 0.717) is 11.3 Å². The van der Waals surface area contributed by atoms with Gasteiger partial charge in [0.1, 0.15) is 5.75 Å². The Labute approximate surface area is 133 Å². The number of rotatable bonds is 6. The van der Waals surface area contributed by atoms with E-state index in [1.54, 1.807) is 36.4 Å². The number of benzene rings is 2. The standard InChI is InChI=1S/C17H16N2O4/c1-12-3-2-4-14(9-12)17(22)19-18-10-13-5-7-15(8-6-13)23-11-16(20)21/h2-10H,11H2,1H3,(H,19,22)(H,20,21)/b18-10-. The highest BCUT2D eigenvalue weighted by molar-refractivity contribution is 5.95. The number of carboxylic acid groups (broad SMARTS) is 1. The lowest BCUT2D eigenvalue weighted by Crippen LogP contribution is -2.17. The number of amides is 1. The zero-order chi connectivity index (χ0) is 16.7. The second-order valence-corrected chi connectivity index (χ2v) is 4.82. The third-order valence-electron chi connectivity index (χ3n) is 2.90. The Hall–Kier alpha value is -3.15. The molecule has 0 radical (unpaired) electrons. The van der Waals surface area contributed by atoms with E-state index in [1.165, 1.54) is 6.21 Å². The van der Waals surface area contributed by atoms with Gasteiger partial charge in [0.2, 0.25) is 0 Å². The molecule has 6 nitrogen and oxygen atoms in total. The summed E-state index contributed by atoms with van der Waals surface area (Å²) in [5.74, 6) is -0.866. The molecule has 2 aromatic rings. The molecule has 2 N–H and O–H groups in total. The van der Waals surface area contributed by atoms with Crippen LogP contribution in [0, 0.1) is 6.92 Å². The fraction of sp³-hybridized carbons (Fsp3) is 0.118. The minimum Gasteiger partial charge on any atom is -0.482 e. The zero-order valence-corrected chi connectivity index (χ0v) is 12.5. The smallest absolute Gasteiger partial charge is 0.341 e. The molecule has 0 aliphatic rings. The van der Waals surface area contributed by atoms with Gasteiger partial charge < -0.3 is 9.84 Å². The van der Waals surface area contributed by atoms with Crippen LogP contribution in [0.3, 0.4) is 0 Å². The lowest BCUT2D eigenvalue weighted by molar-refractivity contribution is -0.139. The monoisotopic (exact) mass is 312 g/mol. The van der Waals surface area contributed by atoms with Crippen molar-refractivity contribution in [1.82, 2.24) is 5.43 Å². The van der Waals surface area contributed by atoms with Crippen LogP contribution in [0.25, 0.3) is 0 Å². The average molecular weight is 312 g/mol. The number of nitrogens with one attached hydrogen (secondary N) is 1. The number of ether oxygens (including phenoxy) is 1. The summed E-state index contributed by atoms with van der Waals surface area (Å²) in [6.45, 7) is 1.52. The lowest BCUT2D eigenvalue weighted by atomic mass is 10.1. The number of carbonyl (C=O) groups is 2. The number of aryl methyl sites for hydroxylation is 1. The van der Waals surface area contributed by atoms with E-state index in [-0.39, 0.29) is 12.5 Å². The van der Waals surface area contributed by atoms with Crippen LogP contribution in [-0.2, 0) is 4.79 Å². The van der Waals surface area contributed by atoms with Crippen molar-refractivity contribution in [3.8, 4) is 5.75 Å². The molecule has 0 atom stereocenters. The Kier molecular flexibility index (Phi) is 5.46. The van der Waals surface area contributed by atoms with E-state index in [2.05, 4.69) is 10.5 Å². The molecule has 2 rings (SSSR count). The Morgan fingerprint density at radius 3 is 2.61 bits per heavy atom. The van der Waals surface area contributed by atoms with Gasteiger partial charge in [-0.05, 0) is 48.9 Å². The Balaban J connectivity index is 1.90. The summed E-state index contributed by atoms with van der Waals surface area (Å²) in [6.07, 6.45) is 1.49. The summed E-state index contributed by atoms with van der Waals surface area (Å²) >= 11 is 0. The van der Waals surface area contributed by atoms with Gasteiger partial charge in [-0.3, -0.25) is 4.79 Å². The second kappa shape index (κ2) is 7.74. The van der Waals surface area contributed by atoms with Gasteiger partial charge in [0.25, 0.3) is 5.91 Å². The maximum absolute atomic E-state index is 11.9. The van der Waals surface area contributed by atoms with Gasteiger partial charge in [0.15, 0.2) is 6.61 Å². The van der Waals surface area contributed by atoms with Crippen molar-refractivity contribution in [3.05, 3.63) is 65.2 Å². The number of carbonyl (C=O) groups excluding carboxylic acids is 1. The van der Waals surface area contributed by atoms with Crippen LogP contribution in [0.2, 0.25) is 0 Å². The molecule has 1 amide bonds. The quantitative estimate of drug-likeness (QED) is 0.632. The first kappa shape index (κ1) is 16.2. The topological polar surface area (TPSA) is 88.0 Å². The molecule has 118 valence electrons. The maximum atomic E-state index is 11.9. The molecule has 0 saturated carbocycles. The highest BCUT2D eigenvalue weighted by atomic mass is 16.5. The summed E-state index contributed by atoms with van der Waals surface area (Å²) in [4.78, 5) is 22.3. The van der Waals surface area contributed by atoms with Crippen LogP contribution >= 0.6 is 0 Å². The highest BCUT2D eigenvalue weighted by Gasteiger charge is 2.03. The third kappa shape index (κ3) is 5.28. The molecule has 0 spiro atoms. The zero-order valence-electron chi connectivity index (χ0n) is 12.5. The Morgan fingerprint density at radius 2 is 1.96 bits per heavy atom. The maximum Gasteiger partial charge on any atom is 0.341 e. The molecule has 0 aliphatic carbocycles. The van der Waals surface area contributed by atoms with Crippen molar-refractivity contribution >= 4 is 18.1 Å². The first-order valence-electron chi connectivity index (χ1n) is 6.89. The molecule has 2 aromatic carbocycles. The largest absolute Gasteiger partial charge is 0.482 e. The van der Waals surface area contributed by atoms with E-state index < -0.39 is 5.97 Å². The molecular formula is C17H16N2O4. The SMILES string of the molecule is Cc1cccc(C(=O)N/N=C\c2ccc(OCC(=O)O)cc2)c1. The van der Waals surface area contributed by atoms with Crippen molar-refractivity contribution in [1.29, 1.82) is 0 Å². The normalized spacial score (nSPS) is 10.5. The van der Waals surface area contributed by atoms with Crippen molar-refractivity contribution in [3.63, 3.8) is 0 Å². The molecule has 6 heteroatoms. The van der Waals surface area contributed by atoms with E-state index in [9.17, 15) is 9.59 Å². The molecule has 0 bridgehead atoms. The van der Waals surface area contributed by atoms with Crippen LogP contribution in [0.5, 0.6) is 5.75 Å². The van der Waals surface area contributed by atoms with E-state index in [4.69, 9.17) is 9.84 Å². The number of carboxylic acids is 1. The molecular weight excluding hydrogens is 296 g/mol. The number of nitrogens with zero attached hydrogens (tertiary/aromatic N) is 1. The summed E-state index contributed by atoms with van der Waals surface area (Å²) in [7, 11) is 0. The van der Waals surface area contributed by atoms with Crippen LogP contribution < -0.4 is 10.2 Å². The van der Waals surface area contributed by atoms with Gasteiger partial charge in [-0.25, -0.2) is 10.2 Å². The summed E-state index contributed by atoms with van der Waals surface area (Å²) in [5, 5.41) is 12.4. The molecule has 0 heterocycles. The van der Waals surface area contributed by atoms with E-state index in [1.807, 2.05) is 19.1 Å². The van der Waals surface area contributed by atoms with Crippen LogP contribution in [-0.4, -0.2) is 29.8 Å². The van der Waals surface area contributed by atoms with Crippen LogP contribution in [0.4, 0.5) is 0 Å². The number of aliphatic carboxylic acids is 1. The number of hydrogen-bond acceptors (Lipinski definition) is 4. The lowest BCUT2D eigenvalue weighted by Gasteiger charge is -2.03. The van der Waals surface area contributed by atoms with Gasteiger partial charge >= 0.3 is 5.97 Å². The van der Waals surface area contributed by atoms with Gasteiger partial charge in [0, 0.05) is 5.56 Å². The van der Waals surface area contributed by atoms with Gasteiger partial charge in [-0.2, -0.15) is 5.10 Å². The van der Waals surface area contributed by atoms with Crippen LogP contribution in [0.15, 0.2) is 53.6 Å². The van der Waals surface area contributed by atoms with Gasteiger partial charge in [-0.1, -0.05) is 17.7 Å². The Morgan fingerprint density at radius 1 is 1.22 bits per heavy atom. The average Bonchev–Trinajstić information content (AvgIpc) is 2.54. The predicted octanol–water partition coefficient (Wildman–Crippen LogP) is 2.22. The molecule has 0 fully saturated rings. The molecule has 0 saturated heterocycles. The first-order valence-corrected chi connectivity index (χ1v) is 6.89.